The maximum absolute atomic E-state index is 12.3. The Kier molecular flexibility index (Phi) is 10.3. The van der Waals surface area contributed by atoms with Crippen LogP contribution in [0, 0.1) is 0 Å². The number of thioether (sulfide) groups is 1. The maximum Gasteiger partial charge on any atom is 0.239 e. The van der Waals surface area contributed by atoms with Gasteiger partial charge in [0, 0.05) is 0 Å². The third-order valence-corrected chi connectivity index (χ3v) is 6.41. The van der Waals surface area contributed by atoms with Gasteiger partial charge in [0.1, 0.15) is 11.5 Å². The first-order valence-electron chi connectivity index (χ1n) is 11.6. The summed E-state index contributed by atoms with van der Waals surface area (Å²) in [6, 6.07) is 15.5. The fourth-order valence-electron chi connectivity index (χ4n) is 3.47. The highest BCUT2D eigenvalue weighted by Gasteiger charge is 2.30. The van der Waals surface area contributed by atoms with E-state index in [1.54, 1.807) is 13.3 Å². The van der Waals surface area contributed by atoms with E-state index in [1.807, 2.05) is 48.5 Å². The van der Waals surface area contributed by atoms with Crippen LogP contribution in [0.3, 0.4) is 0 Å². The molecule has 0 radical (unpaired) electrons. The Balaban J connectivity index is 1.42. The van der Waals surface area contributed by atoms with Crippen LogP contribution in [0.15, 0.2) is 58.7 Å². The molecular weight excluding hydrogens is 434 g/mol. The molecule has 1 atom stereocenters. The van der Waals surface area contributed by atoms with Gasteiger partial charge in [-0.05, 0) is 60.4 Å². The average Bonchev–Trinajstić information content (AvgIpc) is 3.18. The SMILES string of the molecule is CCCCCCCCOc1ccc(C=N/N=C2\NC(=O)C(Cc3cccc(OC)c3)S2)cc1. The molecule has 1 aliphatic heterocycles. The lowest BCUT2D eigenvalue weighted by molar-refractivity contribution is -0.118. The van der Waals surface area contributed by atoms with Crippen LogP contribution < -0.4 is 14.8 Å². The standard InChI is InChI=1S/C26H33N3O3S/c1-3-4-5-6-7-8-16-32-22-14-12-20(13-15-22)19-27-29-26-28-25(30)24(33-26)18-21-10-9-11-23(17-21)31-2/h9-15,17,19,24H,3-8,16,18H2,1-2H3,(H,28,29,30). The van der Waals surface area contributed by atoms with Gasteiger partial charge in [-0.1, -0.05) is 62.9 Å². The van der Waals surface area contributed by atoms with E-state index in [2.05, 4.69) is 22.4 Å². The molecule has 0 aliphatic carbocycles. The van der Waals surface area contributed by atoms with Gasteiger partial charge in [0.25, 0.3) is 0 Å². The van der Waals surface area contributed by atoms with Crippen LogP contribution in [0.1, 0.15) is 56.6 Å². The maximum atomic E-state index is 12.3. The van der Waals surface area contributed by atoms with Crippen LogP contribution in [0.5, 0.6) is 11.5 Å². The number of rotatable bonds is 13. The molecule has 1 aliphatic rings. The van der Waals surface area contributed by atoms with E-state index in [-0.39, 0.29) is 11.2 Å². The Hall–Kier alpha value is -2.80. The Morgan fingerprint density at radius 2 is 1.82 bits per heavy atom. The number of amides is 1. The van der Waals surface area contributed by atoms with Crippen LogP contribution in [-0.2, 0) is 11.2 Å². The monoisotopic (exact) mass is 467 g/mol. The van der Waals surface area contributed by atoms with Crippen molar-refractivity contribution in [3.05, 3.63) is 59.7 Å². The summed E-state index contributed by atoms with van der Waals surface area (Å²) in [6.45, 7) is 2.98. The molecule has 176 valence electrons. The molecule has 0 aromatic heterocycles. The summed E-state index contributed by atoms with van der Waals surface area (Å²) in [6.07, 6.45) is 9.80. The van der Waals surface area contributed by atoms with Gasteiger partial charge in [-0.3, -0.25) is 4.79 Å². The number of hydrogen-bond acceptors (Lipinski definition) is 6. The van der Waals surface area contributed by atoms with E-state index in [1.165, 1.54) is 43.9 Å². The molecule has 1 fully saturated rings. The lowest BCUT2D eigenvalue weighted by atomic mass is 10.1. The van der Waals surface area contributed by atoms with E-state index in [4.69, 9.17) is 9.47 Å². The van der Waals surface area contributed by atoms with E-state index in [9.17, 15) is 4.79 Å². The third kappa shape index (κ3) is 8.57. The first kappa shape index (κ1) is 24.8. The van der Waals surface area contributed by atoms with Gasteiger partial charge >= 0.3 is 0 Å². The van der Waals surface area contributed by atoms with Gasteiger partial charge in [0.05, 0.1) is 25.2 Å². The smallest absolute Gasteiger partial charge is 0.239 e. The van der Waals surface area contributed by atoms with Crippen molar-refractivity contribution in [3.8, 4) is 11.5 Å². The molecule has 1 saturated heterocycles. The Morgan fingerprint density at radius 1 is 1.03 bits per heavy atom. The number of ether oxygens (including phenoxy) is 2. The summed E-state index contributed by atoms with van der Waals surface area (Å²) < 4.78 is 11.1. The van der Waals surface area contributed by atoms with Crippen LogP contribution in [0.4, 0.5) is 0 Å². The Labute approximate surface area is 200 Å². The van der Waals surface area contributed by atoms with Crippen molar-refractivity contribution in [2.75, 3.05) is 13.7 Å². The number of methoxy groups -OCH3 is 1. The van der Waals surface area contributed by atoms with Crippen LogP contribution in [-0.4, -0.2) is 36.3 Å². The van der Waals surface area contributed by atoms with Crippen molar-refractivity contribution in [1.29, 1.82) is 0 Å². The first-order valence-corrected chi connectivity index (χ1v) is 12.5. The van der Waals surface area contributed by atoms with Crippen LogP contribution >= 0.6 is 11.8 Å². The Morgan fingerprint density at radius 3 is 2.61 bits per heavy atom. The second-order valence-electron chi connectivity index (χ2n) is 7.99. The molecule has 33 heavy (non-hydrogen) atoms. The predicted molar refractivity (Wildman–Crippen MR) is 137 cm³/mol. The molecule has 1 unspecified atom stereocenters. The lowest BCUT2D eigenvalue weighted by Crippen LogP contribution is -2.25. The van der Waals surface area contributed by atoms with E-state index in [0.717, 1.165) is 35.7 Å². The van der Waals surface area contributed by atoms with Gasteiger partial charge in [-0.15, -0.1) is 5.10 Å². The molecule has 2 aromatic rings. The van der Waals surface area contributed by atoms with Gasteiger partial charge < -0.3 is 14.8 Å². The highest BCUT2D eigenvalue weighted by Crippen LogP contribution is 2.25. The number of hydrogen-bond donors (Lipinski definition) is 1. The molecular formula is C26H33N3O3S. The first-order chi connectivity index (χ1) is 16.2. The topological polar surface area (TPSA) is 72.3 Å². The van der Waals surface area contributed by atoms with Crippen molar-refractivity contribution >= 4 is 29.1 Å². The number of unbranched alkanes of at least 4 members (excludes halogenated alkanes) is 5. The molecule has 2 aromatic carbocycles. The molecule has 1 heterocycles. The minimum Gasteiger partial charge on any atom is -0.497 e. The molecule has 1 N–H and O–H groups in total. The highest BCUT2D eigenvalue weighted by atomic mass is 32.2. The lowest BCUT2D eigenvalue weighted by Gasteiger charge is -2.07. The third-order valence-electron chi connectivity index (χ3n) is 5.33. The van der Waals surface area contributed by atoms with Crippen molar-refractivity contribution in [2.24, 2.45) is 10.2 Å². The molecule has 0 bridgehead atoms. The summed E-state index contributed by atoms with van der Waals surface area (Å²) in [5.74, 6) is 1.60. The van der Waals surface area contributed by atoms with Crippen molar-refractivity contribution in [2.45, 2.75) is 57.1 Å². The van der Waals surface area contributed by atoms with Crippen molar-refractivity contribution < 1.29 is 14.3 Å². The number of carbonyl (C=O) groups is 1. The van der Waals surface area contributed by atoms with E-state index in [0.29, 0.717) is 11.6 Å². The Bertz CT molecular complexity index is 944. The second-order valence-corrected chi connectivity index (χ2v) is 9.18. The molecule has 0 spiro atoms. The molecule has 1 amide bonds. The molecule has 0 saturated carbocycles. The van der Waals surface area contributed by atoms with Gasteiger partial charge in [0.2, 0.25) is 5.91 Å². The normalized spacial score (nSPS) is 17.0. The van der Waals surface area contributed by atoms with Gasteiger partial charge in [-0.25, -0.2) is 0 Å². The zero-order chi connectivity index (χ0) is 23.3. The summed E-state index contributed by atoms with van der Waals surface area (Å²) in [7, 11) is 1.63. The molecule has 3 rings (SSSR count). The number of carbonyl (C=O) groups excluding carboxylic acids is 1. The summed E-state index contributed by atoms with van der Waals surface area (Å²) in [4.78, 5) is 12.3. The summed E-state index contributed by atoms with van der Waals surface area (Å²) >= 11 is 1.40. The predicted octanol–water partition coefficient (Wildman–Crippen LogP) is 5.60. The van der Waals surface area contributed by atoms with Gasteiger partial charge in [-0.2, -0.15) is 5.10 Å². The minimum atomic E-state index is -0.228. The number of nitrogens with zero attached hydrogens (tertiary/aromatic N) is 2. The fraction of sp³-hybridized carbons (Fsp3) is 0.423. The largest absolute Gasteiger partial charge is 0.497 e. The van der Waals surface area contributed by atoms with Crippen molar-refractivity contribution in [3.63, 3.8) is 0 Å². The average molecular weight is 468 g/mol. The summed E-state index contributed by atoms with van der Waals surface area (Å²) in [5, 5.41) is 11.4. The zero-order valence-corrected chi connectivity index (χ0v) is 20.3. The molecule has 6 nitrogen and oxygen atoms in total. The van der Waals surface area contributed by atoms with Crippen molar-refractivity contribution in [1.82, 2.24) is 5.32 Å². The van der Waals surface area contributed by atoms with E-state index < -0.39 is 0 Å². The minimum absolute atomic E-state index is 0.0522. The number of benzene rings is 2. The zero-order valence-electron chi connectivity index (χ0n) is 19.5. The van der Waals surface area contributed by atoms with Crippen LogP contribution in [0.25, 0.3) is 0 Å². The second kappa shape index (κ2) is 13.7. The molecule has 7 heteroatoms. The fourth-order valence-corrected chi connectivity index (χ4v) is 4.44. The summed E-state index contributed by atoms with van der Waals surface area (Å²) in [5.41, 5.74) is 1.97. The number of amidine groups is 1. The van der Waals surface area contributed by atoms with Gasteiger partial charge in [0.15, 0.2) is 5.17 Å². The highest BCUT2D eigenvalue weighted by molar-refractivity contribution is 8.15. The quantitative estimate of drug-likeness (QED) is 0.236. The van der Waals surface area contributed by atoms with Crippen LogP contribution in [0.2, 0.25) is 0 Å². The van der Waals surface area contributed by atoms with E-state index >= 15 is 0 Å². The number of nitrogens with one attached hydrogen (secondary N) is 1.